The van der Waals surface area contributed by atoms with Crippen molar-refractivity contribution in [1.29, 1.82) is 0 Å². The molecule has 0 bridgehead atoms. The minimum absolute atomic E-state index is 0.453. The van der Waals surface area contributed by atoms with Gasteiger partial charge in [-0.15, -0.1) is 0 Å². The van der Waals surface area contributed by atoms with Crippen molar-refractivity contribution in [3.05, 3.63) is 37.0 Å². The lowest BCUT2D eigenvalue weighted by atomic mass is 10.0. The molecule has 1 fully saturated rings. The van der Waals surface area contributed by atoms with Gasteiger partial charge in [-0.05, 0) is 26.5 Å². The molecule has 0 aromatic heterocycles. The normalized spacial score (nSPS) is 21.8. The molecule has 2 heteroatoms. The van der Waals surface area contributed by atoms with Crippen molar-refractivity contribution in [3.8, 4) is 0 Å². The molecule has 110 valence electrons. The third kappa shape index (κ3) is 6.22. The highest BCUT2D eigenvalue weighted by molar-refractivity contribution is 5.28. The number of likely N-dealkylation sites (N-methyl/N-ethyl adjacent to an activating group) is 1. The summed E-state index contributed by atoms with van der Waals surface area (Å²) in [5.74, 6) is 0. The molecule has 0 aromatic rings. The van der Waals surface area contributed by atoms with Gasteiger partial charge in [0.1, 0.15) is 0 Å². The van der Waals surface area contributed by atoms with Crippen LogP contribution in [0.15, 0.2) is 37.0 Å². The van der Waals surface area contributed by atoms with Crippen LogP contribution in [0.1, 0.15) is 34.1 Å². The topological polar surface area (TPSA) is 6.48 Å². The Labute approximate surface area is 120 Å². The third-order valence-electron chi connectivity index (χ3n) is 3.22. The molecule has 1 aliphatic heterocycles. The van der Waals surface area contributed by atoms with Gasteiger partial charge >= 0.3 is 0 Å². The first-order chi connectivity index (χ1) is 9.01. The first-order valence-electron chi connectivity index (χ1n) is 7.41. The molecule has 2 nitrogen and oxygen atoms in total. The summed E-state index contributed by atoms with van der Waals surface area (Å²) in [5, 5.41) is 0. The van der Waals surface area contributed by atoms with Gasteiger partial charge in [-0.1, -0.05) is 51.7 Å². The lowest BCUT2D eigenvalue weighted by Crippen LogP contribution is -2.54. The predicted octanol–water partition coefficient (Wildman–Crippen LogP) is 3.73. The van der Waals surface area contributed by atoms with Crippen molar-refractivity contribution in [1.82, 2.24) is 9.80 Å². The predicted molar refractivity (Wildman–Crippen MR) is 87.6 cm³/mol. The van der Waals surface area contributed by atoms with Crippen LogP contribution in [-0.4, -0.2) is 48.6 Å². The van der Waals surface area contributed by atoms with Gasteiger partial charge in [0.05, 0.1) is 0 Å². The minimum Gasteiger partial charge on any atom is -0.303 e. The van der Waals surface area contributed by atoms with Crippen LogP contribution in [-0.2, 0) is 0 Å². The average molecular weight is 264 g/mol. The molecule has 1 unspecified atom stereocenters. The van der Waals surface area contributed by atoms with Gasteiger partial charge in [-0.25, -0.2) is 0 Å². The van der Waals surface area contributed by atoms with Crippen LogP contribution in [0, 0.1) is 0 Å². The van der Waals surface area contributed by atoms with E-state index in [1.165, 1.54) is 12.0 Å². The number of allylic oxidation sites excluding steroid dienone is 2. The zero-order chi connectivity index (χ0) is 14.8. The fraction of sp³-hybridized carbons (Fsp3) is 0.647. The number of hydrogen-bond acceptors (Lipinski definition) is 2. The molecule has 0 aliphatic carbocycles. The second-order valence-corrected chi connectivity index (χ2v) is 5.42. The van der Waals surface area contributed by atoms with Crippen LogP contribution in [0.25, 0.3) is 0 Å². The van der Waals surface area contributed by atoms with Crippen molar-refractivity contribution < 1.29 is 0 Å². The Balaban J connectivity index is 0.000000982. The molecule has 0 saturated carbocycles. The number of hydrogen-bond donors (Lipinski definition) is 0. The Bertz CT molecular complexity index is 292. The van der Waals surface area contributed by atoms with Gasteiger partial charge in [0.25, 0.3) is 0 Å². The Kier molecular flexibility index (Phi) is 9.54. The highest BCUT2D eigenvalue weighted by Gasteiger charge is 2.28. The van der Waals surface area contributed by atoms with Crippen LogP contribution in [0.2, 0.25) is 0 Å². The fourth-order valence-electron chi connectivity index (χ4n) is 2.30. The molecular weight excluding hydrogens is 232 g/mol. The molecule has 1 heterocycles. The van der Waals surface area contributed by atoms with Crippen molar-refractivity contribution >= 4 is 0 Å². The lowest BCUT2D eigenvalue weighted by molar-refractivity contribution is 0.0843. The Morgan fingerprint density at radius 2 is 1.84 bits per heavy atom. The smallest absolute Gasteiger partial charge is 0.0478 e. The van der Waals surface area contributed by atoms with E-state index in [9.17, 15) is 0 Å². The van der Waals surface area contributed by atoms with Gasteiger partial charge in [0.2, 0.25) is 0 Å². The van der Waals surface area contributed by atoms with Gasteiger partial charge in [0.15, 0.2) is 0 Å². The van der Waals surface area contributed by atoms with Crippen molar-refractivity contribution in [2.45, 2.75) is 46.2 Å². The molecule has 0 N–H and O–H groups in total. The van der Waals surface area contributed by atoms with E-state index >= 15 is 0 Å². The molecule has 1 aliphatic rings. The minimum atomic E-state index is 0.453. The van der Waals surface area contributed by atoms with Gasteiger partial charge in [-0.3, -0.25) is 4.90 Å². The number of piperazine rings is 1. The average Bonchev–Trinajstić information content (AvgIpc) is 2.36. The summed E-state index contributed by atoms with van der Waals surface area (Å²) in [6.45, 7) is 19.8. The van der Waals surface area contributed by atoms with Crippen LogP contribution in [0.3, 0.4) is 0 Å². The summed E-state index contributed by atoms with van der Waals surface area (Å²) in [6, 6.07) is 1.03. The van der Waals surface area contributed by atoms with E-state index in [0.29, 0.717) is 12.1 Å². The Morgan fingerprint density at radius 1 is 1.26 bits per heavy atom. The zero-order valence-corrected chi connectivity index (χ0v) is 13.5. The van der Waals surface area contributed by atoms with Crippen LogP contribution in [0.5, 0.6) is 0 Å². The standard InChI is InChI=1S/C14H24N2.C3H8/c1-6-8-13(7-2)14-11-15(5)9-10-16(14)12(3)4;1-3-2/h6-8,12,14H,1-2,9-11H2,3-5H3;3H2,1-2H3/b13-8+;. The van der Waals surface area contributed by atoms with E-state index in [2.05, 4.69) is 63.8 Å². The fourth-order valence-corrected chi connectivity index (χ4v) is 2.30. The zero-order valence-electron chi connectivity index (χ0n) is 13.5. The maximum Gasteiger partial charge on any atom is 0.0478 e. The molecule has 1 rings (SSSR count). The first-order valence-corrected chi connectivity index (χ1v) is 7.41. The largest absolute Gasteiger partial charge is 0.303 e. The molecule has 1 atom stereocenters. The van der Waals surface area contributed by atoms with E-state index in [0.717, 1.165) is 19.6 Å². The molecule has 0 spiro atoms. The van der Waals surface area contributed by atoms with Crippen molar-refractivity contribution in [3.63, 3.8) is 0 Å². The van der Waals surface area contributed by atoms with E-state index in [4.69, 9.17) is 0 Å². The lowest BCUT2D eigenvalue weighted by Gasteiger charge is -2.43. The molecule has 0 aromatic carbocycles. The number of rotatable bonds is 4. The SMILES string of the molecule is C=C/C=C(\C=C)C1CN(C)CCN1C(C)C.CCC. The van der Waals surface area contributed by atoms with Crippen LogP contribution in [0.4, 0.5) is 0 Å². The Hall–Kier alpha value is -0.860. The maximum atomic E-state index is 3.91. The first kappa shape index (κ1) is 18.1. The van der Waals surface area contributed by atoms with Gasteiger partial charge in [0, 0.05) is 31.7 Å². The molecule has 19 heavy (non-hydrogen) atoms. The van der Waals surface area contributed by atoms with Crippen molar-refractivity contribution in [2.24, 2.45) is 0 Å². The monoisotopic (exact) mass is 264 g/mol. The summed E-state index contributed by atoms with van der Waals surface area (Å²) in [5.41, 5.74) is 1.27. The molecule has 0 amide bonds. The van der Waals surface area contributed by atoms with Gasteiger partial charge < -0.3 is 4.90 Å². The summed E-state index contributed by atoms with van der Waals surface area (Å²) in [6.07, 6.45) is 7.14. The molecule has 1 saturated heterocycles. The van der Waals surface area contributed by atoms with E-state index in [1.54, 1.807) is 0 Å². The summed E-state index contributed by atoms with van der Waals surface area (Å²) < 4.78 is 0. The van der Waals surface area contributed by atoms with Gasteiger partial charge in [-0.2, -0.15) is 0 Å². The highest BCUT2D eigenvalue weighted by atomic mass is 15.3. The second kappa shape index (κ2) is 9.99. The number of nitrogens with zero attached hydrogens (tertiary/aromatic N) is 2. The summed E-state index contributed by atoms with van der Waals surface area (Å²) in [4.78, 5) is 4.92. The maximum absolute atomic E-state index is 3.91. The van der Waals surface area contributed by atoms with E-state index in [-0.39, 0.29) is 0 Å². The second-order valence-electron chi connectivity index (χ2n) is 5.42. The van der Waals surface area contributed by atoms with Crippen LogP contribution >= 0.6 is 0 Å². The Morgan fingerprint density at radius 3 is 2.26 bits per heavy atom. The van der Waals surface area contributed by atoms with Crippen LogP contribution < -0.4 is 0 Å². The van der Waals surface area contributed by atoms with Crippen molar-refractivity contribution in [2.75, 3.05) is 26.7 Å². The highest BCUT2D eigenvalue weighted by Crippen LogP contribution is 2.19. The van der Waals surface area contributed by atoms with E-state index in [1.807, 2.05) is 12.2 Å². The summed E-state index contributed by atoms with van der Waals surface area (Å²) >= 11 is 0. The summed E-state index contributed by atoms with van der Waals surface area (Å²) in [7, 11) is 2.18. The molecular formula is C17H32N2. The molecule has 0 radical (unpaired) electrons. The quantitative estimate of drug-likeness (QED) is 0.714. The van der Waals surface area contributed by atoms with E-state index < -0.39 is 0 Å². The third-order valence-corrected chi connectivity index (χ3v) is 3.22.